The molecule has 0 atom stereocenters. The average molecular weight is 374 g/mol. The van der Waals surface area contributed by atoms with Crippen LogP contribution in [0.5, 0.6) is 11.5 Å². The predicted molar refractivity (Wildman–Crippen MR) is 106 cm³/mol. The first kappa shape index (κ1) is 18.0. The Balaban J connectivity index is 1.90. The summed E-state index contributed by atoms with van der Waals surface area (Å²) < 4.78 is 10.7. The largest absolute Gasteiger partial charge is 0.545 e. The van der Waals surface area contributed by atoms with E-state index in [4.69, 9.17) is 14.5 Å². The molecule has 1 heterocycles. The van der Waals surface area contributed by atoms with E-state index in [0.717, 1.165) is 35.2 Å². The number of aromatic nitrogens is 1. The number of carboxylic acids is 1. The van der Waals surface area contributed by atoms with Gasteiger partial charge in [-0.05, 0) is 60.2 Å². The number of fused-ring (bicyclic) bond motifs is 2. The fraction of sp³-hybridized carbons (Fsp3) is 0.217. The van der Waals surface area contributed by atoms with E-state index in [1.165, 1.54) is 0 Å². The Morgan fingerprint density at radius 3 is 2.61 bits per heavy atom. The van der Waals surface area contributed by atoms with Gasteiger partial charge >= 0.3 is 0 Å². The van der Waals surface area contributed by atoms with Gasteiger partial charge in [0.15, 0.2) is 11.5 Å². The molecule has 0 N–H and O–H groups in total. The molecule has 1 aliphatic rings. The van der Waals surface area contributed by atoms with Crippen molar-refractivity contribution in [2.75, 3.05) is 14.2 Å². The van der Waals surface area contributed by atoms with Crippen molar-refractivity contribution >= 4 is 28.5 Å². The minimum Gasteiger partial charge on any atom is -0.545 e. The second-order valence-electron chi connectivity index (χ2n) is 6.76. The number of carbonyl (C=O) groups is 1. The average Bonchev–Trinajstić information content (AvgIpc) is 2.72. The molecule has 5 nitrogen and oxygen atoms in total. The molecule has 0 spiro atoms. The first-order valence-electron chi connectivity index (χ1n) is 9.18. The summed E-state index contributed by atoms with van der Waals surface area (Å²) in [5, 5.41) is 12.6. The smallest absolute Gasteiger partial charge is 0.161 e. The van der Waals surface area contributed by atoms with E-state index in [1.54, 1.807) is 20.3 Å². The van der Waals surface area contributed by atoms with Crippen molar-refractivity contribution in [1.82, 2.24) is 4.98 Å². The Morgan fingerprint density at radius 1 is 1.07 bits per heavy atom. The zero-order valence-electron chi connectivity index (χ0n) is 15.8. The summed E-state index contributed by atoms with van der Waals surface area (Å²) in [4.78, 5) is 16.7. The molecule has 142 valence electrons. The third-order valence-electron chi connectivity index (χ3n) is 5.12. The van der Waals surface area contributed by atoms with E-state index in [0.29, 0.717) is 28.8 Å². The van der Waals surface area contributed by atoms with E-state index in [2.05, 4.69) is 0 Å². The quantitative estimate of drug-likeness (QED) is 0.699. The molecule has 0 fully saturated rings. The summed E-state index contributed by atoms with van der Waals surface area (Å²) >= 11 is 0. The van der Waals surface area contributed by atoms with Gasteiger partial charge in [-0.15, -0.1) is 0 Å². The number of pyridine rings is 1. The molecule has 1 aromatic heterocycles. The lowest BCUT2D eigenvalue weighted by molar-refractivity contribution is -0.254. The number of methoxy groups -OCH3 is 2. The maximum atomic E-state index is 11.9. The summed E-state index contributed by atoms with van der Waals surface area (Å²) in [6.07, 6.45) is 4.42. The van der Waals surface area contributed by atoms with E-state index in [1.807, 2.05) is 42.5 Å². The Hall–Kier alpha value is -3.34. The summed E-state index contributed by atoms with van der Waals surface area (Å²) in [5.74, 6) is 0.161. The Labute approximate surface area is 163 Å². The van der Waals surface area contributed by atoms with Crippen molar-refractivity contribution in [3.8, 4) is 11.5 Å². The number of hydrogen-bond donors (Lipinski definition) is 0. The van der Waals surface area contributed by atoms with Crippen LogP contribution in [0.25, 0.3) is 22.6 Å². The number of aromatic carboxylic acids is 1. The molecule has 1 aliphatic carbocycles. The van der Waals surface area contributed by atoms with E-state index in [-0.39, 0.29) is 5.56 Å². The van der Waals surface area contributed by atoms with Crippen molar-refractivity contribution in [3.05, 3.63) is 64.8 Å². The van der Waals surface area contributed by atoms with Gasteiger partial charge in [-0.25, -0.2) is 4.98 Å². The maximum Gasteiger partial charge on any atom is 0.161 e. The van der Waals surface area contributed by atoms with Crippen LogP contribution < -0.4 is 14.6 Å². The van der Waals surface area contributed by atoms with Gasteiger partial charge < -0.3 is 19.4 Å². The highest BCUT2D eigenvalue weighted by atomic mass is 16.5. The molecule has 3 aromatic rings. The molecule has 4 rings (SSSR count). The number of benzene rings is 2. The minimum absolute atomic E-state index is 0.263. The number of allylic oxidation sites excluding steroid dienone is 1. The third-order valence-corrected chi connectivity index (χ3v) is 5.12. The van der Waals surface area contributed by atoms with Gasteiger partial charge in [0.25, 0.3) is 0 Å². The molecule has 0 amide bonds. The molecule has 0 aliphatic heterocycles. The number of hydrogen-bond acceptors (Lipinski definition) is 5. The first-order valence-corrected chi connectivity index (χ1v) is 9.18. The van der Waals surface area contributed by atoms with Crippen LogP contribution in [-0.4, -0.2) is 25.2 Å². The molecule has 0 saturated carbocycles. The van der Waals surface area contributed by atoms with Crippen LogP contribution >= 0.6 is 0 Å². The van der Waals surface area contributed by atoms with Crippen molar-refractivity contribution < 1.29 is 19.4 Å². The minimum atomic E-state index is -1.15. The second kappa shape index (κ2) is 7.35. The van der Waals surface area contributed by atoms with Crippen LogP contribution in [0.1, 0.15) is 40.0 Å². The molecule has 5 heteroatoms. The lowest BCUT2D eigenvalue weighted by Gasteiger charge is -2.23. The molecule has 0 saturated heterocycles. The van der Waals surface area contributed by atoms with E-state index < -0.39 is 5.97 Å². The van der Waals surface area contributed by atoms with Gasteiger partial charge in [0, 0.05) is 10.9 Å². The second-order valence-corrected chi connectivity index (χ2v) is 6.76. The Kier molecular flexibility index (Phi) is 4.74. The number of para-hydroxylation sites is 1. The van der Waals surface area contributed by atoms with Crippen molar-refractivity contribution in [2.45, 2.75) is 19.3 Å². The van der Waals surface area contributed by atoms with Crippen molar-refractivity contribution in [3.63, 3.8) is 0 Å². The zero-order chi connectivity index (χ0) is 19.7. The monoisotopic (exact) mass is 374 g/mol. The molecule has 0 radical (unpaired) electrons. The molecular weight excluding hydrogens is 354 g/mol. The number of carbonyl (C=O) groups excluding carboxylic acids is 1. The standard InChI is InChI=1S/C23H21NO4/c1-27-19-11-10-14(13-20(19)28-2)12-15-6-5-8-17-21(23(25)26)16-7-3-4-9-18(16)24-22(15)17/h3-4,7,9-13H,5-6,8H2,1-2H3,(H,25,26)/p-1/b15-12+. The number of rotatable bonds is 4. The third kappa shape index (κ3) is 3.09. The van der Waals surface area contributed by atoms with Gasteiger partial charge in [0.05, 0.1) is 31.4 Å². The highest BCUT2D eigenvalue weighted by Gasteiger charge is 2.22. The number of nitrogens with zero attached hydrogens (tertiary/aromatic N) is 1. The predicted octanol–water partition coefficient (Wildman–Crippen LogP) is 3.49. The summed E-state index contributed by atoms with van der Waals surface area (Å²) in [6.45, 7) is 0. The van der Waals surface area contributed by atoms with Crippen LogP contribution in [-0.2, 0) is 6.42 Å². The number of ether oxygens (including phenoxy) is 2. The SMILES string of the molecule is COc1ccc(/C=C2\CCCc3c2nc2ccccc2c3C(=O)[O-])cc1OC. The Morgan fingerprint density at radius 2 is 1.86 bits per heavy atom. The maximum absolute atomic E-state index is 11.9. The highest BCUT2D eigenvalue weighted by molar-refractivity contribution is 6.05. The Bertz CT molecular complexity index is 1100. The fourth-order valence-corrected chi connectivity index (χ4v) is 3.85. The van der Waals surface area contributed by atoms with Crippen LogP contribution in [0.4, 0.5) is 0 Å². The highest BCUT2D eigenvalue weighted by Crippen LogP contribution is 2.37. The van der Waals surface area contributed by atoms with Gasteiger partial charge in [0.1, 0.15) is 0 Å². The normalized spacial score (nSPS) is 14.7. The lowest BCUT2D eigenvalue weighted by atomic mass is 9.86. The first-order chi connectivity index (χ1) is 13.6. The topological polar surface area (TPSA) is 71.5 Å². The van der Waals surface area contributed by atoms with Crippen LogP contribution in [0.2, 0.25) is 0 Å². The summed E-state index contributed by atoms with van der Waals surface area (Å²) in [5.41, 5.74) is 4.40. The van der Waals surface area contributed by atoms with Gasteiger partial charge in [-0.3, -0.25) is 0 Å². The zero-order valence-corrected chi connectivity index (χ0v) is 15.8. The van der Waals surface area contributed by atoms with Crippen molar-refractivity contribution in [2.24, 2.45) is 0 Å². The number of carboxylic acid groups (broad SMARTS) is 1. The van der Waals surface area contributed by atoms with Gasteiger partial charge in [-0.2, -0.15) is 0 Å². The van der Waals surface area contributed by atoms with Crippen LogP contribution in [0.15, 0.2) is 42.5 Å². The van der Waals surface area contributed by atoms with E-state index >= 15 is 0 Å². The lowest BCUT2D eigenvalue weighted by Crippen LogP contribution is -2.26. The molecule has 0 unspecified atom stereocenters. The van der Waals surface area contributed by atoms with Crippen LogP contribution in [0.3, 0.4) is 0 Å². The molecule has 28 heavy (non-hydrogen) atoms. The van der Waals surface area contributed by atoms with Crippen LogP contribution in [0, 0.1) is 0 Å². The van der Waals surface area contributed by atoms with Gasteiger partial charge in [-0.1, -0.05) is 24.3 Å². The molecule has 2 aromatic carbocycles. The fourth-order valence-electron chi connectivity index (χ4n) is 3.85. The van der Waals surface area contributed by atoms with Gasteiger partial charge in [0.2, 0.25) is 0 Å². The molecular formula is C23H20NO4-. The molecule has 0 bridgehead atoms. The summed E-state index contributed by atoms with van der Waals surface area (Å²) in [6, 6.07) is 13.0. The van der Waals surface area contributed by atoms with Crippen molar-refractivity contribution in [1.29, 1.82) is 0 Å². The van der Waals surface area contributed by atoms with E-state index in [9.17, 15) is 9.90 Å². The summed E-state index contributed by atoms with van der Waals surface area (Å²) in [7, 11) is 3.20.